The van der Waals surface area contributed by atoms with E-state index in [9.17, 15) is 8.78 Å². The first-order valence-electron chi connectivity index (χ1n) is 6.33. The predicted molar refractivity (Wildman–Crippen MR) is 76.9 cm³/mol. The molecule has 1 aromatic rings. The Labute approximate surface area is 121 Å². The van der Waals surface area contributed by atoms with Crippen LogP contribution in [0.4, 0.5) is 8.78 Å². The third-order valence-corrected chi connectivity index (χ3v) is 3.65. The first-order chi connectivity index (χ1) is 9.58. The van der Waals surface area contributed by atoms with E-state index in [1.807, 2.05) is 17.9 Å². The molecule has 0 aliphatic carbocycles. The molecule has 0 aromatic heterocycles. The van der Waals surface area contributed by atoms with Crippen LogP contribution in [0.25, 0.3) is 0 Å². The number of halogens is 3. The van der Waals surface area contributed by atoms with E-state index in [1.165, 1.54) is 0 Å². The van der Waals surface area contributed by atoms with Crippen LogP contribution in [-0.4, -0.2) is 30.9 Å². The molecule has 1 aliphatic rings. The van der Waals surface area contributed by atoms with Gasteiger partial charge in [0.05, 0.1) is 10.7 Å². The molecule has 2 rings (SSSR count). The highest BCUT2D eigenvalue weighted by atomic mass is 35.5. The Bertz CT molecular complexity index is 570. The van der Waals surface area contributed by atoms with Gasteiger partial charge in [-0.15, -0.1) is 0 Å². The van der Waals surface area contributed by atoms with Crippen molar-refractivity contribution in [3.05, 3.63) is 46.1 Å². The fourth-order valence-electron chi connectivity index (χ4n) is 2.25. The molecule has 1 saturated heterocycles. The van der Waals surface area contributed by atoms with Crippen LogP contribution >= 0.6 is 11.6 Å². The lowest BCUT2D eigenvalue weighted by atomic mass is 10.1. The van der Waals surface area contributed by atoms with Gasteiger partial charge in [0.1, 0.15) is 17.5 Å². The van der Waals surface area contributed by atoms with E-state index < -0.39 is 11.6 Å². The summed E-state index contributed by atoms with van der Waals surface area (Å²) in [6, 6.07) is 2.14. The summed E-state index contributed by atoms with van der Waals surface area (Å²) in [4.78, 5) is 6.08. The van der Waals surface area contributed by atoms with Crippen LogP contribution in [0.3, 0.4) is 0 Å². The molecule has 0 spiro atoms. The SMILES string of the molecule is C/C=C1\C(=NC)NCCN1Cc1c(F)ccc(F)c1Cl. The predicted octanol–water partition coefficient (Wildman–Crippen LogP) is 2.96. The third kappa shape index (κ3) is 2.77. The van der Waals surface area contributed by atoms with Gasteiger partial charge < -0.3 is 10.2 Å². The van der Waals surface area contributed by atoms with Gasteiger partial charge in [0.25, 0.3) is 0 Å². The van der Waals surface area contributed by atoms with Gasteiger partial charge in [0, 0.05) is 32.2 Å². The maximum Gasteiger partial charge on any atom is 0.144 e. The van der Waals surface area contributed by atoms with Crippen molar-refractivity contribution in [2.75, 3.05) is 20.1 Å². The maximum absolute atomic E-state index is 13.9. The van der Waals surface area contributed by atoms with E-state index >= 15 is 0 Å². The number of piperazine rings is 1. The second kappa shape index (κ2) is 6.22. The topological polar surface area (TPSA) is 27.6 Å². The summed E-state index contributed by atoms with van der Waals surface area (Å²) >= 11 is 5.87. The average molecular weight is 300 g/mol. The van der Waals surface area contributed by atoms with Crippen molar-refractivity contribution < 1.29 is 8.78 Å². The smallest absolute Gasteiger partial charge is 0.144 e. The molecular weight excluding hydrogens is 284 g/mol. The van der Waals surface area contributed by atoms with Crippen LogP contribution in [0.5, 0.6) is 0 Å². The number of hydrogen-bond acceptors (Lipinski definition) is 2. The molecule has 3 nitrogen and oxygen atoms in total. The second-order valence-corrected chi connectivity index (χ2v) is 4.79. The first-order valence-corrected chi connectivity index (χ1v) is 6.71. The van der Waals surface area contributed by atoms with E-state index in [4.69, 9.17) is 11.6 Å². The van der Waals surface area contributed by atoms with Crippen molar-refractivity contribution in [3.63, 3.8) is 0 Å². The van der Waals surface area contributed by atoms with E-state index in [2.05, 4.69) is 10.3 Å². The van der Waals surface area contributed by atoms with Crippen LogP contribution in [0.1, 0.15) is 12.5 Å². The fraction of sp³-hybridized carbons (Fsp3) is 0.357. The zero-order valence-electron chi connectivity index (χ0n) is 11.4. The zero-order chi connectivity index (χ0) is 14.7. The molecule has 1 heterocycles. The molecule has 0 saturated carbocycles. The Morgan fingerprint density at radius 3 is 2.75 bits per heavy atom. The van der Waals surface area contributed by atoms with Crippen molar-refractivity contribution in [1.29, 1.82) is 0 Å². The highest BCUT2D eigenvalue weighted by Crippen LogP contribution is 2.26. The average Bonchev–Trinajstić information content (AvgIpc) is 2.47. The lowest BCUT2D eigenvalue weighted by Gasteiger charge is -2.33. The van der Waals surface area contributed by atoms with Crippen LogP contribution < -0.4 is 5.32 Å². The van der Waals surface area contributed by atoms with Crippen molar-refractivity contribution in [2.24, 2.45) is 4.99 Å². The van der Waals surface area contributed by atoms with Gasteiger partial charge in [-0.25, -0.2) is 8.78 Å². The number of nitrogens with zero attached hydrogens (tertiary/aromatic N) is 2. The van der Waals surface area contributed by atoms with Gasteiger partial charge in [-0.05, 0) is 19.1 Å². The molecule has 1 N–H and O–H groups in total. The largest absolute Gasteiger partial charge is 0.367 e. The molecule has 1 fully saturated rings. The summed E-state index contributed by atoms with van der Waals surface area (Å²) in [5, 5.41) is 3.01. The van der Waals surface area contributed by atoms with Gasteiger partial charge in [0.2, 0.25) is 0 Å². The summed E-state index contributed by atoms with van der Waals surface area (Å²) < 4.78 is 27.3. The van der Waals surface area contributed by atoms with Crippen molar-refractivity contribution in [3.8, 4) is 0 Å². The molecule has 0 radical (unpaired) electrons. The lowest BCUT2D eigenvalue weighted by Crippen LogP contribution is -2.45. The molecule has 0 amide bonds. The minimum Gasteiger partial charge on any atom is -0.367 e. The molecule has 20 heavy (non-hydrogen) atoms. The highest BCUT2D eigenvalue weighted by molar-refractivity contribution is 6.31. The molecule has 108 valence electrons. The molecule has 0 unspecified atom stereocenters. The second-order valence-electron chi connectivity index (χ2n) is 4.42. The molecule has 6 heteroatoms. The summed E-state index contributed by atoms with van der Waals surface area (Å²) in [6.45, 7) is 3.45. The third-order valence-electron chi connectivity index (χ3n) is 3.24. The highest BCUT2D eigenvalue weighted by Gasteiger charge is 2.22. The minimum absolute atomic E-state index is 0.158. The number of benzene rings is 1. The Morgan fingerprint density at radius 2 is 2.10 bits per heavy atom. The van der Waals surface area contributed by atoms with Crippen LogP contribution in [0.15, 0.2) is 28.9 Å². The van der Waals surface area contributed by atoms with E-state index in [0.717, 1.165) is 23.7 Å². The summed E-state index contributed by atoms with van der Waals surface area (Å²) in [5.41, 5.74) is 1.03. The van der Waals surface area contributed by atoms with Gasteiger partial charge in [-0.1, -0.05) is 17.7 Å². The van der Waals surface area contributed by atoms with Gasteiger partial charge in [-0.3, -0.25) is 4.99 Å². The van der Waals surface area contributed by atoms with Crippen molar-refractivity contribution >= 4 is 17.4 Å². The maximum atomic E-state index is 13.9. The van der Waals surface area contributed by atoms with Crippen LogP contribution in [0.2, 0.25) is 5.02 Å². The fourth-order valence-corrected chi connectivity index (χ4v) is 2.47. The van der Waals surface area contributed by atoms with Gasteiger partial charge >= 0.3 is 0 Å². The first kappa shape index (κ1) is 14.8. The number of amidine groups is 1. The van der Waals surface area contributed by atoms with Crippen molar-refractivity contribution in [1.82, 2.24) is 10.2 Å². The standard InChI is InChI=1S/C14H16ClF2N3/c1-3-12-14(18-2)19-6-7-20(12)8-9-10(16)4-5-11(17)13(9)15/h3-5H,6-8H2,1-2H3,(H,18,19)/b12-3+. The van der Waals surface area contributed by atoms with E-state index in [1.54, 1.807) is 7.05 Å². The molecule has 1 aliphatic heterocycles. The minimum atomic E-state index is -0.607. The zero-order valence-corrected chi connectivity index (χ0v) is 12.1. The van der Waals surface area contributed by atoms with Crippen LogP contribution in [-0.2, 0) is 6.54 Å². The van der Waals surface area contributed by atoms with Crippen LogP contribution in [0, 0.1) is 11.6 Å². The number of nitrogens with one attached hydrogen (secondary N) is 1. The molecular formula is C14H16ClF2N3. The molecule has 1 aromatic carbocycles. The Balaban J connectivity index is 2.32. The number of rotatable bonds is 2. The number of aliphatic imine (C=N–C) groups is 1. The Morgan fingerprint density at radius 1 is 1.40 bits per heavy atom. The summed E-state index contributed by atoms with van der Waals surface area (Å²) in [5.74, 6) is -0.364. The molecule has 0 atom stereocenters. The monoisotopic (exact) mass is 299 g/mol. The van der Waals surface area contributed by atoms with Gasteiger partial charge in [0.15, 0.2) is 0 Å². The van der Waals surface area contributed by atoms with E-state index in [-0.39, 0.29) is 17.1 Å². The molecule has 0 bridgehead atoms. The lowest BCUT2D eigenvalue weighted by molar-refractivity contribution is 0.332. The summed E-state index contributed by atoms with van der Waals surface area (Å²) in [6.07, 6.45) is 1.89. The Kier molecular flexibility index (Phi) is 4.60. The van der Waals surface area contributed by atoms with Gasteiger partial charge in [-0.2, -0.15) is 0 Å². The van der Waals surface area contributed by atoms with Crippen molar-refractivity contribution in [2.45, 2.75) is 13.5 Å². The number of hydrogen-bond donors (Lipinski definition) is 1. The quantitative estimate of drug-likeness (QED) is 0.850. The summed E-state index contributed by atoms with van der Waals surface area (Å²) in [7, 11) is 1.69. The Hall–Kier alpha value is -1.62. The number of allylic oxidation sites excluding steroid dienone is 1. The normalized spacial score (nSPS) is 19.6. The van der Waals surface area contributed by atoms with E-state index in [0.29, 0.717) is 13.1 Å².